The van der Waals surface area contributed by atoms with Crippen molar-refractivity contribution < 1.29 is 4.74 Å². The monoisotopic (exact) mass is 335 g/mol. The fourth-order valence-corrected chi connectivity index (χ4v) is 3.95. The van der Waals surface area contributed by atoms with Crippen molar-refractivity contribution in [3.63, 3.8) is 0 Å². The number of hydrogen-bond acceptors (Lipinski definition) is 7. The molecule has 0 bridgehead atoms. The summed E-state index contributed by atoms with van der Waals surface area (Å²) in [6.07, 6.45) is 2.64. The first-order valence-electron chi connectivity index (χ1n) is 7.48. The van der Waals surface area contributed by atoms with Crippen LogP contribution in [0.15, 0.2) is 21.2 Å². The third-order valence-electron chi connectivity index (χ3n) is 4.49. The Morgan fingerprint density at radius 2 is 2.22 bits per heavy atom. The summed E-state index contributed by atoms with van der Waals surface area (Å²) in [6.45, 7) is 3.06. The molecule has 23 heavy (non-hydrogen) atoms. The first-order valence-corrected chi connectivity index (χ1v) is 8.36. The van der Waals surface area contributed by atoms with Gasteiger partial charge in [0.1, 0.15) is 17.2 Å². The van der Waals surface area contributed by atoms with E-state index in [4.69, 9.17) is 4.74 Å². The van der Waals surface area contributed by atoms with Gasteiger partial charge in [-0.05, 0) is 6.42 Å². The predicted molar refractivity (Wildman–Crippen MR) is 83.3 cm³/mol. The Morgan fingerprint density at radius 3 is 3.00 bits per heavy atom. The van der Waals surface area contributed by atoms with Crippen LogP contribution in [0.1, 0.15) is 17.3 Å². The van der Waals surface area contributed by atoms with Crippen molar-refractivity contribution in [3.8, 4) is 0 Å². The molecule has 2 aromatic rings. The number of thiazole rings is 1. The van der Waals surface area contributed by atoms with Gasteiger partial charge >= 0.3 is 11.1 Å². The van der Waals surface area contributed by atoms with Crippen LogP contribution in [-0.4, -0.2) is 42.9 Å². The van der Waals surface area contributed by atoms with Gasteiger partial charge in [0.05, 0.1) is 13.1 Å². The van der Waals surface area contributed by atoms with Gasteiger partial charge in [-0.3, -0.25) is 19.1 Å². The van der Waals surface area contributed by atoms with Crippen LogP contribution in [0.2, 0.25) is 0 Å². The molecule has 0 N–H and O–H groups in total. The largest absolute Gasteiger partial charge is 0.364 e. The molecule has 1 spiro atoms. The summed E-state index contributed by atoms with van der Waals surface area (Å²) >= 11 is 1.64. The van der Waals surface area contributed by atoms with E-state index in [1.165, 1.54) is 11.6 Å². The molecule has 122 valence electrons. The van der Waals surface area contributed by atoms with Gasteiger partial charge in [0.25, 0.3) is 0 Å². The lowest BCUT2D eigenvalue weighted by atomic mass is 10.0. The van der Waals surface area contributed by atoms with Gasteiger partial charge in [-0.15, -0.1) is 11.3 Å². The molecule has 0 aliphatic carbocycles. The Kier molecular flexibility index (Phi) is 3.43. The lowest BCUT2D eigenvalue weighted by molar-refractivity contribution is -0.0858. The lowest BCUT2D eigenvalue weighted by Gasteiger charge is -2.35. The topological polar surface area (TPSA) is 82.3 Å². The summed E-state index contributed by atoms with van der Waals surface area (Å²) in [7, 11) is 1.49. The van der Waals surface area contributed by atoms with E-state index in [1.807, 2.05) is 5.38 Å². The Bertz CT molecular complexity index is 843. The Hall–Kier alpha value is -1.84. The number of rotatable bonds is 2. The first kappa shape index (κ1) is 14.7. The minimum Gasteiger partial charge on any atom is -0.364 e. The number of aromatic nitrogens is 4. The van der Waals surface area contributed by atoms with Gasteiger partial charge in [-0.25, -0.2) is 9.67 Å². The molecular formula is C14H17N5O3S. The highest BCUT2D eigenvalue weighted by atomic mass is 32.1. The molecule has 1 atom stereocenters. The second-order valence-corrected chi connectivity index (χ2v) is 7.07. The van der Waals surface area contributed by atoms with E-state index < -0.39 is 16.7 Å². The fourth-order valence-electron chi connectivity index (χ4n) is 3.30. The molecule has 2 aliphatic rings. The summed E-state index contributed by atoms with van der Waals surface area (Å²) in [5.74, 6) is 0.515. The quantitative estimate of drug-likeness (QED) is 0.693. The number of hydrogen-bond donors (Lipinski definition) is 0. The summed E-state index contributed by atoms with van der Waals surface area (Å²) in [4.78, 5) is 30.6. The molecule has 1 saturated heterocycles. The smallest absolute Gasteiger partial charge is 0.332 e. The maximum atomic E-state index is 12.2. The van der Waals surface area contributed by atoms with E-state index >= 15 is 0 Å². The highest BCUT2D eigenvalue weighted by Gasteiger charge is 2.43. The first-order chi connectivity index (χ1) is 11.1. The molecule has 4 heterocycles. The Morgan fingerprint density at radius 1 is 1.35 bits per heavy atom. The molecule has 2 aliphatic heterocycles. The van der Waals surface area contributed by atoms with E-state index in [2.05, 4.69) is 15.0 Å². The van der Waals surface area contributed by atoms with Gasteiger partial charge in [0.2, 0.25) is 0 Å². The average molecular weight is 335 g/mol. The molecule has 0 amide bonds. The van der Waals surface area contributed by atoms with E-state index in [1.54, 1.807) is 17.5 Å². The zero-order valence-corrected chi connectivity index (χ0v) is 13.6. The van der Waals surface area contributed by atoms with Crippen molar-refractivity contribution in [1.82, 2.24) is 24.2 Å². The highest BCUT2D eigenvalue weighted by molar-refractivity contribution is 7.09. The number of aryl methyl sites for hydroxylation is 1. The second kappa shape index (κ2) is 5.36. The van der Waals surface area contributed by atoms with Crippen LogP contribution in [0.3, 0.4) is 0 Å². The van der Waals surface area contributed by atoms with Crippen molar-refractivity contribution in [1.29, 1.82) is 0 Å². The van der Waals surface area contributed by atoms with E-state index in [-0.39, 0.29) is 6.61 Å². The van der Waals surface area contributed by atoms with Crippen molar-refractivity contribution in [2.75, 3.05) is 13.1 Å². The molecule has 0 radical (unpaired) electrons. The second-order valence-electron chi connectivity index (χ2n) is 6.09. The van der Waals surface area contributed by atoms with Crippen molar-refractivity contribution in [2.24, 2.45) is 7.05 Å². The van der Waals surface area contributed by atoms with Crippen LogP contribution in [-0.2, 0) is 31.5 Å². The van der Waals surface area contributed by atoms with Crippen LogP contribution in [0, 0.1) is 0 Å². The number of ether oxygens (including phenoxy) is 1. The van der Waals surface area contributed by atoms with Crippen LogP contribution in [0.25, 0.3) is 0 Å². The van der Waals surface area contributed by atoms with E-state index in [9.17, 15) is 9.59 Å². The third-order valence-corrected chi connectivity index (χ3v) is 5.25. The molecule has 9 heteroatoms. The van der Waals surface area contributed by atoms with Gasteiger partial charge in [0, 0.05) is 31.7 Å². The van der Waals surface area contributed by atoms with Gasteiger partial charge in [0.15, 0.2) is 5.82 Å². The van der Waals surface area contributed by atoms with Gasteiger partial charge in [-0.2, -0.15) is 5.10 Å². The van der Waals surface area contributed by atoms with Crippen molar-refractivity contribution in [2.45, 2.75) is 31.7 Å². The van der Waals surface area contributed by atoms with E-state index in [0.717, 1.165) is 35.7 Å². The Labute approximate surface area is 136 Å². The minimum absolute atomic E-state index is 0.258. The van der Waals surface area contributed by atoms with Crippen LogP contribution in [0.5, 0.6) is 0 Å². The molecule has 4 rings (SSSR count). The standard InChI is InChI=1S/C14H17N5O3S/c1-17-12(20)13(21)19-9-14(22-7-10(19)16-17)2-4-18(8-14)6-11-15-3-5-23-11/h3,5H,2,4,6-9H2,1H3/t14-/m0/s1. The molecule has 2 aromatic heterocycles. The summed E-state index contributed by atoms with van der Waals surface area (Å²) in [6, 6.07) is 0. The van der Waals surface area contributed by atoms with Crippen molar-refractivity contribution >= 4 is 11.3 Å². The third kappa shape index (κ3) is 2.54. The summed E-state index contributed by atoms with van der Waals surface area (Å²) in [5, 5.41) is 7.17. The maximum absolute atomic E-state index is 12.2. The van der Waals surface area contributed by atoms with Crippen LogP contribution < -0.4 is 11.1 Å². The lowest BCUT2D eigenvalue weighted by Crippen LogP contribution is -2.52. The van der Waals surface area contributed by atoms with Crippen LogP contribution >= 0.6 is 11.3 Å². The molecule has 0 aromatic carbocycles. The number of likely N-dealkylation sites (tertiary alicyclic amines) is 1. The average Bonchev–Trinajstić information content (AvgIpc) is 3.18. The predicted octanol–water partition coefficient (Wildman–Crippen LogP) is -0.427. The van der Waals surface area contributed by atoms with Crippen molar-refractivity contribution in [3.05, 3.63) is 43.1 Å². The van der Waals surface area contributed by atoms with Crippen LogP contribution in [0.4, 0.5) is 0 Å². The van der Waals surface area contributed by atoms with Gasteiger partial charge in [-0.1, -0.05) is 0 Å². The zero-order valence-electron chi connectivity index (χ0n) is 12.8. The normalized spacial score (nSPS) is 24.2. The summed E-state index contributed by atoms with van der Waals surface area (Å²) < 4.78 is 8.62. The van der Waals surface area contributed by atoms with Gasteiger partial charge < -0.3 is 4.74 Å². The minimum atomic E-state index is -0.594. The summed E-state index contributed by atoms with van der Waals surface area (Å²) in [5.41, 5.74) is -1.52. The molecular weight excluding hydrogens is 318 g/mol. The fraction of sp³-hybridized carbons (Fsp3) is 0.571. The Balaban J connectivity index is 1.57. The molecule has 0 unspecified atom stereocenters. The van der Waals surface area contributed by atoms with E-state index in [0.29, 0.717) is 12.4 Å². The highest BCUT2D eigenvalue weighted by Crippen LogP contribution is 2.31. The number of fused-ring (bicyclic) bond motifs is 1. The molecule has 1 fully saturated rings. The maximum Gasteiger partial charge on any atom is 0.332 e. The molecule has 0 saturated carbocycles. The number of nitrogens with zero attached hydrogens (tertiary/aromatic N) is 5. The zero-order chi connectivity index (χ0) is 16.0. The SMILES string of the molecule is Cn1nc2n(c(=O)c1=O)C[C@@]1(CCN(Cc3nccs3)C1)OC2. The molecule has 8 nitrogen and oxygen atoms in total.